The van der Waals surface area contributed by atoms with Crippen LogP contribution in [-0.4, -0.2) is 53.2 Å². The molecule has 0 radical (unpaired) electrons. The monoisotopic (exact) mass is 347 g/mol. The second-order valence-corrected chi connectivity index (χ2v) is 7.33. The van der Waals surface area contributed by atoms with Crippen LogP contribution in [0.1, 0.15) is 56.0 Å². The van der Waals surface area contributed by atoms with Crippen LogP contribution in [0.5, 0.6) is 0 Å². The Balaban J connectivity index is 1.66. The largest absolute Gasteiger partial charge is 0.389 e. The smallest absolute Gasteiger partial charge is 0.225 e. The minimum absolute atomic E-state index is 0.0270. The number of carbonyl (C=O) groups excluding carboxylic acids is 1. The molecule has 1 aromatic heterocycles. The lowest BCUT2D eigenvalue weighted by atomic mass is 9.82. The summed E-state index contributed by atoms with van der Waals surface area (Å²) in [6.07, 6.45) is 4.65. The van der Waals surface area contributed by atoms with Crippen LogP contribution in [-0.2, 0) is 9.53 Å². The summed E-state index contributed by atoms with van der Waals surface area (Å²) in [7, 11) is 1.88. The van der Waals surface area contributed by atoms with Crippen LogP contribution in [0.4, 0.5) is 5.69 Å². The molecule has 0 bridgehead atoms. The molecule has 1 atom stereocenters. The SMILES string of the molecule is CNc1cc(C)nc([C@H]2CN(C(=O)CC3(O)CCCCC3)CCO2)c1. The highest BCUT2D eigenvalue weighted by Crippen LogP contribution is 2.32. The highest BCUT2D eigenvalue weighted by molar-refractivity contribution is 5.77. The van der Waals surface area contributed by atoms with Crippen LogP contribution in [0.3, 0.4) is 0 Å². The van der Waals surface area contributed by atoms with Crippen molar-refractivity contribution in [3.8, 4) is 0 Å². The molecule has 2 N–H and O–H groups in total. The predicted octanol–water partition coefficient (Wildman–Crippen LogP) is 2.42. The summed E-state index contributed by atoms with van der Waals surface area (Å²) in [5, 5.41) is 13.8. The minimum Gasteiger partial charge on any atom is -0.389 e. The lowest BCUT2D eigenvalue weighted by molar-refractivity contribution is -0.145. The van der Waals surface area contributed by atoms with Crippen molar-refractivity contribution in [2.45, 2.75) is 57.2 Å². The van der Waals surface area contributed by atoms with Crippen molar-refractivity contribution < 1.29 is 14.6 Å². The topological polar surface area (TPSA) is 74.7 Å². The van der Waals surface area contributed by atoms with Crippen molar-refractivity contribution in [3.05, 3.63) is 23.5 Å². The number of hydrogen-bond acceptors (Lipinski definition) is 5. The molecule has 2 aliphatic rings. The summed E-state index contributed by atoms with van der Waals surface area (Å²) in [6.45, 7) is 3.53. The molecular weight excluding hydrogens is 318 g/mol. The van der Waals surface area contributed by atoms with Gasteiger partial charge in [0.25, 0.3) is 0 Å². The Kier molecular flexibility index (Phi) is 5.59. The van der Waals surface area contributed by atoms with Crippen molar-refractivity contribution in [2.24, 2.45) is 0 Å². The summed E-state index contributed by atoms with van der Waals surface area (Å²) >= 11 is 0. The van der Waals surface area contributed by atoms with Crippen LogP contribution in [0.2, 0.25) is 0 Å². The Morgan fingerprint density at radius 3 is 2.88 bits per heavy atom. The quantitative estimate of drug-likeness (QED) is 0.875. The van der Waals surface area contributed by atoms with E-state index in [1.807, 2.05) is 31.0 Å². The van der Waals surface area contributed by atoms with Crippen molar-refractivity contribution in [3.63, 3.8) is 0 Å². The Labute approximate surface area is 149 Å². The molecule has 1 aromatic rings. The number of aliphatic hydroxyl groups is 1. The first-order valence-corrected chi connectivity index (χ1v) is 9.27. The Morgan fingerprint density at radius 1 is 1.40 bits per heavy atom. The average Bonchev–Trinajstić information content (AvgIpc) is 2.61. The fourth-order valence-electron chi connectivity index (χ4n) is 3.84. The molecule has 1 aliphatic carbocycles. The fraction of sp³-hybridized carbons (Fsp3) is 0.684. The summed E-state index contributed by atoms with van der Waals surface area (Å²) in [4.78, 5) is 19.1. The van der Waals surface area contributed by atoms with Gasteiger partial charge in [0.1, 0.15) is 6.10 Å². The number of anilines is 1. The molecule has 1 saturated heterocycles. The highest BCUT2D eigenvalue weighted by Gasteiger charge is 2.35. The van der Waals surface area contributed by atoms with E-state index in [2.05, 4.69) is 10.3 Å². The molecule has 0 unspecified atom stereocenters. The number of rotatable bonds is 4. The number of pyridine rings is 1. The van der Waals surface area contributed by atoms with Gasteiger partial charge in [-0.1, -0.05) is 19.3 Å². The number of morpholine rings is 1. The van der Waals surface area contributed by atoms with Gasteiger partial charge in [0.05, 0.1) is 30.9 Å². The zero-order valence-electron chi connectivity index (χ0n) is 15.3. The third-order valence-corrected chi connectivity index (χ3v) is 5.28. The van der Waals surface area contributed by atoms with E-state index in [1.54, 1.807) is 0 Å². The molecule has 6 heteroatoms. The molecule has 0 aromatic carbocycles. The first-order chi connectivity index (χ1) is 12.0. The second kappa shape index (κ2) is 7.70. The number of aromatic nitrogens is 1. The standard InChI is InChI=1S/C19H29N3O3/c1-14-10-15(20-2)11-16(21-14)17-13-22(8-9-25-17)18(23)12-19(24)6-4-3-5-7-19/h10-11,17,24H,3-9,12-13H2,1-2H3,(H,20,21)/t17-/m1/s1. The maximum atomic E-state index is 12.7. The van der Waals surface area contributed by atoms with E-state index in [-0.39, 0.29) is 18.4 Å². The highest BCUT2D eigenvalue weighted by atomic mass is 16.5. The second-order valence-electron chi connectivity index (χ2n) is 7.33. The Hall–Kier alpha value is -1.66. The predicted molar refractivity (Wildman–Crippen MR) is 96.4 cm³/mol. The number of carbonyl (C=O) groups is 1. The van der Waals surface area contributed by atoms with Gasteiger partial charge in [-0.2, -0.15) is 0 Å². The third kappa shape index (κ3) is 4.50. The first kappa shape index (κ1) is 18.1. The average molecular weight is 347 g/mol. The minimum atomic E-state index is -0.815. The molecule has 0 spiro atoms. The summed E-state index contributed by atoms with van der Waals surface area (Å²) < 4.78 is 5.87. The molecule has 25 heavy (non-hydrogen) atoms. The van der Waals surface area contributed by atoms with Crippen molar-refractivity contribution >= 4 is 11.6 Å². The van der Waals surface area contributed by atoms with Crippen LogP contribution in [0, 0.1) is 6.92 Å². The van der Waals surface area contributed by atoms with Crippen LogP contribution in [0.15, 0.2) is 12.1 Å². The first-order valence-electron chi connectivity index (χ1n) is 9.27. The lowest BCUT2D eigenvalue weighted by Crippen LogP contribution is -2.46. The summed E-state index contributed by atoms with van der Waals surface area (Å²) in [5.41, 5.74) is 1.94. The van der Waals surface area contributed by atoms with Crippen molar-refractivity contribution in [1.82, 2.24) is 9.88 Å². The van der Waals surface area contributed by atoms with Gasteiger partial charge < -0.3 is 20.1 Å². The Morgan fingerprint density at radius 2 is 2.16 bits per heavy atom. The van der Waals surface area contributed by atoms with Crippen LogP contribution < -0.4 is 5.32 Å². The van der Waals surface area contributed by atoms with Gasteiger partial charge in [0.15, 0.2) is 0 Å². The van der Waals surface area contributed by atoms with E-state index in [9.17, 15) is 9.90 Å². The van der Waals surface area contributed by atoms with E-state index < -0.39 is 5.60 Å². The molecule has 3 rings (SSSR count). The molecule has 1 amide bonds. The van der Waals surface area contributed by atoms with Gasteiger partial charge in [-0.05, 0) is 31.9 Å². The lowest BCUT2D eigenvalue weighted by Gasteiger charge is -2.37. The summed E-state index contributed by atoms with van der Waals surface area (Å²) in [6, 6.07) is 3.95. The van der Waals surface area contributed by atoms with Gasteiger partial charge in [-0.15, -0.1) is 0 Å². The van der Waals surface area contributed by atoms with Gasteiger partial charge >= 0.3 is 0 Å². The zero-order chi connectivity index (χ0) is 17.9. The van der Waals surface area contributed by atoms with Gasteiger partial charge in [-0.25, -0.2) is 0 Å². The molecule has 2 fully saturated rings. The molecule has 2 heterocycles. The zero-order valence-corrected chi connectivity index (χ0v) is 15.3. The third-order valence-electron chi connectivity index (χ3n) is 5.28. The van der Waals surface area contributed by atoms with E-state index in [4.69, 9.17) is 4.74 Å². The van der Waals surface area contributed by atoms with Gasteiger partial charge in [0, 0.05) is 25.0 Å². The molecule has 6 nitrogen and oxygen atoms in total. The van der Waals surface area contributed by atoms with Crippen LogP contribution in [0.25, 0.3) is 0 Å². The van der Waals surface area contributed by atoms with E-state index >= 15 is 0 Å². The molecule has 1 aliphatic heterocycles. The van der Waals surface area contributed by atoms with Crippen molar-refractivity contribution in [1.29, 1.82) is 0 Å². The van der Waals surface area contributed by atoms with Crippen LogP contribution >= 0.6 is 0 Å². The fourth-order valence-corrected chi connectivity index (χ4v) is 3.84. The number of nitrogens with one attached hydrogen (secondary N) is 1. The van der Waals surface area contributed by atoms with E-state index in [1.165, 1.54) is 0 Å². The Bertz CT molecular complexity index is 614. The number of hydrogen-bond donors (Lipinski definition) is 2. The van der Waals surface area contributed by atoms with Gasteiger partial charge in [-0.3, -0.25) is 9.78 Å². The molecule has 138 valence electrons. The maximum Gasteiger partial charge on any atom is 0.225 e. The molecular formula is C19H29N3O3. The summed E-state index contributed by atoms with van der Waals surface area (Å²) in [5.74, 6) is 0.0270. The normalized spacial score (nSPS) is 23.3. The number of nitrogens with zero attached hydrogens (tertiary/aromatic N) is 2. The van der Waals surface area contributed by atoms with E-state index in [0.29, 0.717) is 19.7 Å². The maximum absolute atomic E-state index is 12.7. The molecule has 1 saturated carbocycles. The number of aryl methyl sites for hydroxylation is 1. The number of amides is 1. The van der Waals surface area contributed by atoms with E-state index in [0.717, 1.165) is 49.2 Å². The van der Waals surface area contributed by atoms with Gasteiger partial charge in [0.2, 0.25) is 5.91 Å². The van der Waals surface area contributed by atoms with Crippen molar-refractivity contribution in [2.75, 3.05) is 32.1 Å². The number of ether oxygens (including phenoxy) is 1.